The summed E-state index contributed by atoms with van der Waals surface area (Å²) in [7, 11) is 5.61. The van der Waals surface area contributed by atoms with E-state index in [0.717, 1.165) is 11.3 Å². The Morgan fingerprint density at radius 1 is 0.714 bits per heavy atom. The molecule has 0 atom stereocenters. The molecular formula is C45H69ClOPPd+. The molecule has 5 rings (SSSR count). The van der Waals surface area contributed by atoms with Gasteiger partial charge in [0.2, 0.25) is 0 Å². The van der Waals surface area contributed by atoms with Crippen LogP contribution in [0.15, 0.2) is 54.6 Å². The molecule has 3 aromatic rings. The zero-order valence-corrected chi connectivity index (χ0v) is 36.0. The quantitative estimate of drug-likeness (QED) is 0.113. The van der Waals surface area contributed by atoms with E-state index in [2.05, 4.69) is 138 Å². The third-order valence-corrected chi connectivity index (χ3v) is 14.7. The van der Waals surface area contributed by atoms with Gasteiger partial charge in [0.05, 0.1) is 18.4 Å². The Bertz CT molecular complexity index is 1310. The summed E-state index contributed by atoms with van der Waals surface area (Å²) in [6, 6.07) is 20.3. The number of rotatable bonds is 10. The molecule has 0 amide bonds. The van der Waals surface area contributed by atoms with Crippen molar-refractivity contribution < 1.29 is 22.9 Å². The van der Waals surface area contributed by atoms with E-state index in [0.29, 0.717) is 17.8 Å². The standard InChI is InChI=1S/C35H53OP.C9H12.CH3.ClH.Pd/c1-23(2)27-21-30(24(3)4)34(31(22-27)25(5)6)33-26(7)19-20-32(36-8)35(33)37(28-15-11-9-12-16-28)29-17-13-10-14-18-29;1-2-6-9-7-4-3-5-8-9;;;/h19-25,28-29H,9-18H2,1-8H3;3-5,7-8H,2,6H2,1H3;1H3;1H;/q;;-1;;+2. The molecule has 2 fully saturated rings. The van der Waals surface area contributed by atoms with Gasteiger partial charge in [-0.05, 0) is 122 Å². The number of halogens is 1. The van der Waals surface area contributed by atoms with E-state index < -0.39 is 7.92 Å². The number of hydrogen-bond donors (Lipinski definition) is 0. The molecule has 0 aliphatic heterocycles. The van der Waals surface area contributed by atoms with Crippen LogP contribution in [0.2, 0.25) is 0 Å². The summed E-state index contributed by atoms with van der Waals surface area (Å²) in [5.41, 5.74) is 12.4. The fraction of sp³-hybridized carbons (Fsp3) is 0.578. The molecule has 2 saturated carbocycles. The second kappa shape index (κ2) is 22.7. The van der Waals surface area contributed by atoms with Gasteiger partial charge >= 0.3 is 27.7 Å². The first-order valence-corrected chi connectivity index (χ1v) is 22.7. The molecule has 4 heteroatoms. The second-order valence-corrected chi connectivity index (χ2v) is 18.3. The Balaban J connectivity index is 0.000000597. The van der Waals surface area contributed by atoms with Crippen LogP contribution in [0.3, 0.4) is 0 Å². The van der Waals surface area contributed by atoms with Gasteiger partial charge in [0.1, 0.15) is 5.30 Å². The molecule has 0 bridgehead atoms. The van der Waals surface area contributed by atoms with Crippen LogP contribution in [0.1, 0.15) is 165 Å². The van der Waals surface area contributed by atoms with E-state index in [1.54, 1.807) is 27.6 Å². The average Bonchev–Trinajstić information content (AvgIpc) is 3.11. The van der Waals surface area contributed by atoms with Crippen LogP contribution in [0, 0.1) is 14.4 Å². The van der Waals surface area contributed by atoms with Gasteiger partial charge in [-0.2, -0.15) is 0 Å². The van der Waals surface area contributed by atoms with E-state index in [1.165, 1.54) is 99.5 Å². The van der Waals surface area contributed by atoms with Crippen LogP contribution in [0.4, 0.5) is 0 Å². The van der Waals surface area contributed by atoms with Crippen LogP contribution in [0.5, 0.6) is 5.75 Å². The summed E-state index contributed by atoms with van der Waals surface area (Å²) in [5, 5.41) is 1.66. The third-order valence-electron chi connectivity index (χ3n) is 10.7. The molecule has 3 aromatic carbocycles. The number of aryl methyl sites for hydroxylation is 2. The Morgan fingerprint density at radius 3 is 1.61 bits per heavy atom. The fourth-order valence-electron chi connectivity index (χ4n) is 8.21. The topological polar surface area (TPSA) is 9.23 Å². The molecule has 0 radical (unpaired) electrons. The van der Waals surface area contributed by atoms with Crippen molar-refractivity contribution in [1.82, 2.24) is 0 Å². The molecule has 0 saturated heterocycles. The molecule has 0 heterocycles. The monoisotopic (exact) mass is 797 g/mol. The molecule has 0 N–H and O–H groups in total. The predicted molar refractivity (Wildman–Crippen MR) is 220 cm³/mol. The summed E-state index contributed by atoms with van der Waals surface area (Å²) in [4.78, 5) is 0. The molecule has 49 heavy (non-hydrogen) atoms. The van der Waals surface area contributed by atoms with Crippen molar-refractivity contribution >= 4 is 22.8 Å². The van der Waals surface area contributed by atoms with Crippen molar-refractivity contribution in [2.24, 2.45) is 0 Å². The van der Waals surface area contributed by atoms with Crippen molar-refractivity contribution in [3.63, 3.8) is 0 Å². The van der Waals surface area contributed by atoms with Crippen LogP contribution >= 0.6 is 17.5 Å². The molecule has 0 spiro atoms. The normalized spacial score (nSPS) is 15.4. The number of benzene rings is 3. The van der Waals surface area contributed by atoms with Crippen LogP contribution < -0.4 is 10.0 Å². The zero-order chi connectivity index (χ0) is 35.2. The average molecular weight is 799 g/mol. The van der Waals surface area contributed by atoms with E-state index in [9.17, 15) is 0 Å². The maximum absolute atomic E-state index is 6.31. The molecule has 2 aliphatic rings. The van der Waals surface area contributed by atoms with Gasteiger partial charge in [0, 0.05) is 13.5 Å². The van der Waals surface area contributed by atoms with E-state index in [1.807, 2.05) is 7.11 Å². The summed E-state index contributed by atoms with van der Waals surface area (Å²) in [6.07, 6.45) is 16.7. The van der Waals surface area contributed by atoms with Gasteiger partial charge in [-0.3, -0.25) is 0 Å². The summed E-state index contributed by atoms with van der Waals surface area (Å²) >= 11 is 2.22. The first kappa shape index (κ1) is 44.0. The van der Waals surface area contributed by atoms with Crippen molar-refractivity contribution in [3.8, 4) is 16.9 Å². The second-order valence-electron chi connectivity index (χ2n) is 15.2. The van der Waals surface area contributed by atoms with Crippen LogP contribution in [0.25, 0.3) is 11.1 Å². The number of ether oxygens (including phenoxy) is 1. The first-order chi connectivity index (χ1) is 23.2. The number of methoxy groups -OCH3 is 1. The van der Waals surface area contributed by atoms with Crippen LogP contribution in [-0.2, 0) is 24.6 Å². The predicted octanol–water partition coefficient (Wildman–Crippen LogP) is 14.3. The van der Waals surface area contributed by atoms with Crippen molar-refractivity contribution in [3.05, 3.63) is 89.8 Å². The molecule has 0 unspecified atom stereocenters. The molecule has 2 aliphatic carbocycles. The van der Waals surface area contributed by atoms with E-state index >= 15 is 0 Å². The van der Waals surface area contributed by atoms with Crippen molar-refractivity contribution in [1.29, 1.82) is 0 Å². The van der Waals surface area contributed by atoms with E-state index in [-0.39, 0.29) is 7.43 Å². The molecule has 1 nitrogen and oxygen atoms in total. The molecular weight excluding hydrogens is 729 g/mol. The van der Waals surface area contributed by atoms with Gasteiger partial charge in [-0.15, -0.1) is 0 Å². The van der Waals surface area contributed by atoms with Gasteiger partial charge < -0.3 is 12.2 Å². The molecule has 0 aromatic heterocycles. The van der Waals surface area contributed by atoms with Gasteiger partial charge in [-0.1, -0.05) is 116 Å². The fourth-order valence-corrected chi connectivity index (χ4v) is 12.8. The number of hydrogen-bond acceptors (Lipinski definition) is 1. The summed E-state index contributed by atoms with van der Waals surface area (Å²) in [6.45, 7) is 18.9. The SMILES string of the molecule is CCCc1ccccc1.COc1ccc(C)c(-c2c(C(C)C)cc(C(C)C)cc2C(C)C)c1[PH+](C1CCCCC1)C1CCCCC1.[CH3-].[Cl][Pd+]. The van der Waals surface area contributed by atoms with Gasteiger partial charge in [-0.25, -0.2) is 0 Å². The molecule has 276 valence electrons. The summed E-state index contributed by atoms with van der Waals surface area (Å²) < 4.78 is 6.31. The van der Waals surface area contributed by atoms with E-state index in [4.69, 9.17) is 4.74 Å². The van der Waals surface area contributed by atoms with Crippen molar-refractivity contribution in [2.75, 3.05) is 7.11 Å². The minimum absolute atomic E-state index is 0. The Morgan fingerprint density at radius 2 is 1.20 bits per heavy atom. The van der Waals surface area contributed by atoms with Gasteiger partial charge in [0.15, 0.2) is 5.75 Å². The maximum atomic E-state index is 6.31. The first-order valence-electron chi connectivity index (χ1n) is 19.1. The van der Waals surface area contributed by atoms with Crippen LogP contribution in [-0.4, -0.2) is 18.4 Å². The third kappa shape index (κ3) is 11.9. The Kier molecular flexibility index (Phi) is 20.4. The Labute approximate surface area is 319 Å². The minimum atomic E-state index is -0.799. The zero-order valence-electron chi connectivity index (χ0n) is 32.7. The van der Waals surface area contributed by atoms with Crippen molar-refractivity contribution in [2.45, 2.75) is 162 Å². The Hall–Kier alpha value is -1.16. The van der Waals surface area contributed by atoms with Gasteiger partial charge in [0.25, 0.3) is 0 Å². The summed E-state index contributed by atoms with van der Waals surface area (Å²) in [5.74, 6) is 2.70.